The fourth-order valence-corrected chi connectivity index (χ4v) is 3.34. The molecule has 0 aliphatic heterocycles. The number of amides is 1. The van der Waals surface area contributed by atoms with E-state index >= 15 is 0 Å². The highest BCUT2D eigenvalue weighted by atomic mass is 35.5. The fourth-order valence-electron chi connectivity index (χ4n) is 2.67. The summed E-state index contributed by atoms with van der Waals surface area (Å²) in [6.07, 6.45) is 2.22. The van der Waals surface area contributed by atoms with Gasteiger partial charge < -0.3 is 11.1 Å². The monoisotopic (exact) mass is 432 g/mol. The highest BCUT2D eigenvalue weighted by Crippen LogP contribution is 2.26. The van der Waals surface area contributed by atoms with E-state index in [2.05, 4.69) is 5.32 Å². The molecule has 0 aromatic heterocycles. The van der Waals surface area contributed by atoms with E-state index in [9.17, 15) is 22.0 Å². The van der Waals surface area contributed by atoms with Gasteiger partial charge in [-0.25, -0.2) is 17.2 Å². The Labute approximate surface area is 169 Å². The van der Waals surface area contributed by atoms with Gasteiger partial charge in [-0.05, 0) is 41.8 Å². The Bertz CT molecular complexity index is 939. The molecule has 9 heteroatoms. The van der Waals surface area contributed by atoms with Gasteiger partial charge in [-0.1, -0.05) is 31.5 Å². The zero-order valence-electron chi connectivity index (χ0n) is 15.5. The number of hydrogen-bond donors (Lipinski definition) is 2. The molecule has 0 aliphatic rings. The zero-order valence-corrected chi connectivity index (χ0v) is 17.1. The standard InChI is InChI=1S/C19H22F2N2O3S.ClH/c1-3-5-17(22)19(24)23-18(13-8-9-15(20)16(21)11-13)12-6-4-7-14(10-12)27(2,25)26;/h4,6-11,17-18H,3,5,22H2,1-2H3,(H,23,24);1H. The van der Waals surface area contributed by atoms with Crippen LogP contribution in [0.2, 0.25) is 0 Å². The maximum absolute atomic E-state index is 13.7. The van der Waals surface area contributed by atoms with Crippen LogP contribution < -0.4 is 11.1 Å². The first-order chi connectivity index (χ1) is 12.6. The molecule has 154 valence electrons. The summed E-state index contributed by atoms with van der Waals surface area (Å²) in [4.78, 5) is 12.5. The molecule has 2 atom stereocenters. The van der Waals surface area contributed by atoms with Gasteiger partial charge in [-0.15, -0.1) is 12.4 Å². The van der Waals surface area contributed by atoms with Gasteiger partial charge in [0.25, 0.3) is 0 Å². The summed E-state index contributed by atoms with van der Waals surface area (Å²) in [5.41, 5.74) is 6.54. The SMILES string of the molecule is CCCC(N)C(=O)NC(c1cccc(S(C)(=O)=O)c1)c1ccc(F)c(F)c1.Cl. The van der Waals surface area contributed by atoms with E-state index in [-0.39, 0.29) is 22.9 Å². The number of halogens is 3. The van der Waals surface area contributed by atoms with Crippen LogP contribution in [-0.2, 0) is 14.6 Å². The zero-order chi connectivity index (χ0) is 20.2. The van der Waals surface area contributed by atoms with Crippen LogP contribution in [0.25, 0.3) is 0 Å². The third-order valence-electron chi connectivity index (χ3n) is 4.12. The second-order valence-electron chi connectivity index (χ2n) is 6.35. The predicted molar refractivity (Wildman–Crippen MR) is 106 cm³/mol. The maximum atomic E-state index is 13.7. The van der Waals surface area contributed by atoms with Crippen molar-refractivity contribution in [3.05, 3.63) is 65.2 Å². The fraction of sp³-hybridized carbons (Fsp3) is 0.316. The molecule has 0 radical (unpaired) electrons. The molecule has 2 rings (SSSR count). The van der Waals surface area contributed by atoms with Crippen molar-refractivity contribution in [1.29, 1.82) is 0 Å². The van der Waals surface area contributed by atoms with E-state index in [1.54, 1.807) is 6.07 Å². The van der Waals surface area contributed by atoms with Crippen LogP contribution in [0.5, 0.6) is 0 Å². The molecule has 0 saturated carbocycles. The minimum Gasteiger partial charge on any atom is -0.344 e. The topological polar surface area (TPSA) is 89.3 Å². The summed E-state index contributed by atoms with van der Waals surface area (Å²) < 4.78 is 50.7. The number of rotatable bonds is 7. The molecule has 2 aromatic rings. The molecule has 3 N–H and O–H groups in total. The van der Waals surface area contributed by atoms with E-state index in [0.29, 0.717) is 18.4 Å². The lowest BCUT2D eigenvalue weighted by Gasteiger charge is -2.22. The lowest BCUT2D eigenvalue weighted by atomic mass is 9.97. The van der Waals surface area contributed by atoms with Gasteiger partial charge in [-0.3, -0.25) is 4.79 Å². The highest BCUT2D eigenvalue weighted by molar-refractivity contribution is 7.90. The van der Waals surface area contributed by atoms with Crippen molar-refractivity contribution in [2.24, 2.45) is 5.73 Å². The minimum atomic E-state index is -3.48. The van der Waals surface area contributed by atoms with Crippen molar-refractivity contribution in [3.63, 3.8) is 0 Å². The van der Waals surface area contributed by atoms with Gasteiger partial charge in [0.1, 0.15) is 0 Å². The quantitative estimate of drug-likeness (QED) is 0.703. The van der Waals surface area contributed by atoms with Crippen LogP contribution in [0.4, 0.5) is 8.78 Å². The number of benzene rings is 2. The van der Waals surface area contributed by atoms with Gasteiger partial charge in [0.05, 0.1) is 17.0 Å². The number of carbonyl (C=O) groups is 1. The van der Waals surface area contributed by atoms with Crippen molar-refractivity contribution < 1.29 is 22.0 Å². The van der Waals surface area contributed by atoms with Crippen molar-refractivity contribution in [2.45, 2.75) is 36.7 Å². The van der Waals surface area contributed by atoms with Gasteiger partial charge >= 0.3 is 0 Å². The van der Waals surface area contributed by atoms with Crippen LogP contribution in [0.1, 0.15) is 36.9 Å². The predicted octanol–water partition coefficient (Wildman–Crippen LogP) is 3.12. The van der Waals surface area contributed by atoms with Crippen LogP contribution in [0, 0.1) is 11.6 Å². The molecule has 0 spiro atoms. The first kappa shape index (κ1) is 24.0. The lowest BCUT2D eigenvalue weighted by molar-refractivity contribution is -0.123. The molecule has 1 amide bonds. The summed E-state index contributed by atoms with van der Waals surface area (Å²) >= 11 is 0. The molecule has 2 unspecified atom stereocenters. The van der Waals surface area contributed by atoms with Crippen molar-refractivity contribution in [1.82, 2.24) is 5.32 Å². The van der Waals surface area contributed by atoms with Crippen LogP contribution in [0.3, 0.4) is 0 Å². The third kappa shape index (κ3) is 5.98. The molecule has 0 heterocycles. The van der Waals surface area contributed by atoms with Gasteiger partial charge in [-0.2, -0.15) is 0 Å². The highest BCUT2D eigenvalue weighted by Gasteiger charge is 2.22. The van der Waals surface area contributed by atoms with Gasteiger partial charge in [0.2, 0.25) is 5.91 Å². The summed E-state index contributed by atoms with van der Waals surface area (Å²) in [6, 6.07) is 7.57. The van der Waals surface area contributed by atoms with Gasteiger partial charge in [0, 0.05) is 6.26 Å². The van der Waals surface area contributed by atoms with E-state index in [1.807, 2.05) is 6.92 Å². The maximum Gasteiger partial charge on any atom is 0.237 e. The number of sulfone groups is 1. The Morgan fingerprint density at radius 3 is 2.32 bits per heavy atom. The summed E-state index contributed by atoms with van der Waals surface area (Å²) in [6.45, 7) is 1.88. The van der Waals surface area contributed by atoms with Crippen LogP contribution in [0.15, 0.2) is 47.4 Å². The largest absolute Gasteiger partial charge is 0.344 e. The average molecular weight is 433 g/mol. The molecule has 0 fully saturated rings. The second-order valence-corrected chi connectivity index (χ2v) is 8.37. The smallest absolute Gasteiger partial charge is 0.237 e. The molecule has 0 aliphatic carbocycles. The first-order valence-corrected chi connectivity index (χ1v) is 10.3. The second kappa shape index (κ2) is 9.95. The Kier molecular flexibility index (Phi) is 8.53. The Morgan fingerprint density at radius 1 is 1.11 bits per heavy atom. The molecule has 2 aromatic carbocycles. The Morgan fingerprint density at radius 2 is 1.75 bits per heavy atom. The van der Waals surface area contributed by atoms with E-state index in [0.717, 1.165) is 18.4 Å². The summed E-state index contributed by atoms with van der Waals surface area (Å²) in [7, 11) is -3.48. The summed E-state index contributed by atoms with van der Waals surface area (Å²) in [5.74, 6) is -2.54. The molecular formula is C19H23ClF2N2O3S. The van der Waals surface area contributed by atoms with Gasteiger partial charge in [0.15, 0.2) is 21.5 Å². The molecule has 0 bridgehead atoms. The minimum absolute atomic E-state index is 0. The Balaban J connectivity index is 0.00000392. The third-order valence-corrected chi connectivity index (χ3v) is 5.23. The van der Waals surface area contributed by atoms with E-state index in [1.165, 1.54) is 24.3 Å². The number of nitrogens with two attached hydrogens (primary N) is 1. The Hall–Kier alpha value is -2.03. The number of nitrogens with one attached hydrogen (secondary N) is 1. The van der Waals surface area contributed by atoms with E-state index < -0.39 is 39.5 Å². The number of carbonyl (C=O) groups excluding carboxylic acids is 1. The molecule has 0 saturated heterocycles. The van der Waals surface area contributed by atoms with Crippen molar-refractivity contribution >= 4 is 28.2 Å². The average Bonchev–Trinajstić information content (AvgIpc) is 2.61. The summed E-state index contributed by atoms with van der Waals surface area (Å²) in [5, 5.41) is 2.71. The lowest BCUT2D eigenvalue weighted by Crippen LogP contribution is -2.42. The van der Waals surface area contributed by atoms with Crippen LogP contribution >= 0.6 is 12.4 Å². The molecular weight excluding hydrogens is 410 g/mol. The van der Waals surface area contributed by atoms with E-state index in [4.69, 9.17) is 5.73 Å². The number of hydrogen-bond acceptors (Lipinski definition) is 4. The molecule has 5 nitrogen and oxygen atoms in total. The first-order valence-electron chi connectivity index (χ1n) is 8.44. The van der Waals surface area contributed by atoms with Crippen molar-refractivity contribution in [3.8, 4) is 0 Å². The van der Waals surface area contributed by atoms with Crippen LogP contribution in [-0.4, -0.2) is 26.6 Å². The molecule has 28 heavy (non-hydrogen) atoms. The normalized spacial score (nSPS) is 13.3. The van der Waals surface area contributed by atoms with Crippen molar-refractivity contribution in [2.75, 3.05) is 6.26 Å².